The average Bonchev–Trinajstić information content (AvgIpc) is 2.37. The summed E-state index contributed by atoms with van der Waals surface area (Å²) in [5.74, 6) is -0.460. The fraction of sp³-hybridized carbons (Fsp3) is 0.600. The maximum Gasteiger partial charge on any atom is 0.130 e. The Labute approximate surface area is 138 Å². The summed E-state index contributed by atoms with van der Waals surface area (Å²) in [5, 5.41) is 3.30. The molecule has 0 spiro atoms. The molecule has 2 nitrogen and oxygen atoms in total. The number of nitrogens with one attached hydrogen (secondary N) is 1. The highest BCUT2D eigenvalue weighted by molar-refractivity contribution is 5.85. The largest absolute Gasteiger partial charge is 0.314 e. The van der Waals surface area contributed by atoms with Crippen molar-refractivity contribution in [1.82, 2.24) is 10.2 Å². The Morgan fingerprint density at radius 1 is 1.14 bits per heavy atom. The van der Waals surface area contributed by atoms with Gasteiger partial charge in [-0.05, 0) is 18.4 Å². The normalized spacial score (nSPS) is 17.0. The van der Waals surface area contributed by atoms with E-state index < -0.39 is 11.6 Å². The maximum atomic E-state index is 14.0. The zero-order chi connectivity index (χ0) is 13.8. The lowest BCUT2D eigenvalue weighted by Crippen LogP contribution is -2.45. The molecule has 0 saturated carbocycles. The van der Waals surface area contributed by atoms with Crippen LogP contribution in [-0.4, -0.2) is 31.1 Å². The van der Waals surface area contributed by atoms with E-state index >= 15 is 0 Å². The molecule has 0 unspecified atom stereocenters. The lowest BCUT2D eigenvalue weighted by Gasteiger charge is -2.36. The predicted molar refractivity (Wildman–Crippen MR) is 87.5 cm³/mol. The molecule has 0 aliphatic carbocycles. The second-order valence-electron chi connectivity index (χ2n) is 5.60. The van der Waals surface area contributed by atoms with Gasteiger partial charge in [0.25, 0.3) is 0 Å². The molecule has 2 rings (SSSR count). The molecule has 1 atom stereocenters. The van der Waals surface area contributed by atoms with E-state index in [1.54, 1.807) is 6.07 Å². The Balaban J connectivity index is 0.00000200. The summed E-state index contributed by atoms with van der Waals surface area (Å²) >= 11 is 0. The molecule has 1 aliphatic rings. The fourth-order valence-electron chi connectivity index (χ4n) is 2.68. The van der Waals surface area contributed by atoms with E-state index in [1.807, 2.05) is 0 Å². The van der Waals surface area contributed by atoms with Crippen molar-refractivity contribution >= 4 is 24.8 Å². The molecule has 21 heavy (non-hydrogen) atoms. The van der Waals surface area contributed by atoms with Crippen LogP contribution in [0.25, 0.3) is 0 Å². The SMILES string of the molecule is CC(C)C[C@@H](c1ccc(F)cc1F)N1CCNCC1.Cl.Cl. The number of halogens is 4. The predicted octanol–water partition coefficient (Wildman–Crippen LogP) is 3.80. The molecule has 0 radical (unpaired) electrons. The molecule has 0 aromatic heterocycles. The lowest BCUT2D eigenvalue weighted by molar-refractivity contribution is 0.151. The van der Waals surface area contributed by atoms with Gasteiger partial charge >= 0.3 is 0 Å². The third-order valence-electron chi connectivity index (χ3n) is 3.61. The minimum atomic E-state index is -0.509. The number of hydrogen-bond donors (Lipinski definition) is 1. The summed E-state index contributed by atoms with van der Waals surface area (Å²) in [6.07, 6.45) is 0.891. The van der Waals surface area contributed by atoms with Crippen LogP contribution >= 0.6 is 24.8 Å². The summed E-state index contributed by atoms with van der Waals surface area (Å²) in [4.78, 5) is 2.30. The van der Waals surface area contributed by atoms with Gasteiger partial charge in [0, 0.05) is 43.9 Å². The number of piperazine rings is 1. The van der Waals surface area contributed by atoms with Crippen LogP contribution in [0.3, 0.4) is 0 Å². The van der Waals surface area contributed by atoms with Crippen molar-refractivity contribution in [3.8, 4) is 0 Å². The van der Waals surface area contributed by atoms with Crippen LogP contribution in [0.2, 0.25) is 0 Å². The van der Waals surface area contributed by atoms with Gasteiger partial charge in [-0.3, -0.25) is 4.90 Å². The topological polar surface area (TPSA) is 15.3 Å². The summed E-state index contributed by atoms with van der Waals surface area (Å²) < 4.78 is 27.1. The van der Waals surface area contributed by atoms with Crippen LogP contribution in [0.1, 0.15) is 31.9 Å². The Morgan fingerprint density at radius 2 is 1.76 bits per heavy atom. The summed E-state index contributed by atoms with van der Waals surface area (Å²) in [6, 6.07) is 3.99. The summed E-state index contributed by atoms with van der Waals surface area (Å²) in [7, 11) is 0. The maximum absolute atomic E-state index is 14.0. The van der Waals surface area contributed by atoms with E-state index in [2.05, 4.69) is 24.1 Å². The van der Waals surface area contributed by atoms with Gasteiger partial charge in [-0.2, -0.15) is 0 Å². The lowest BCUT2D eigenvalue weighted by atomic mass is 9.94. The van der Waals surface area contributed by atoms with Crippen molar-refractivity contribution in [3.05, 3.63) is 35.4 Å². The zero-order valence-corrected chi connectivity index (χ0v) is 14.1. The minimum absolute atomic E-state index is 0. The highest BCUT2D eigenvalue weighted by Gasteiger charge is 2.25. The van der Waals surface area contributed by atoms with Crippen LogP contribution in [-0.2, 0) is 0 Å². The monoisotopic (exact) mass is 340 g/mol. The first kappa shape index (κ1) is 20.6. The first-order valence-electron chi connectivity index (χ1n) is 6.97. The summed E-state index contributed by atoms with van der Waals surface area (Å²) in [6.45, 7) is 7.95. The molecule has 1 fully saturated rings. The Morgan fingerprint density at radius 3 is 2.29 bits per heavy atom. The van der Waals surface area contributed by atoms with Crippen LogP contribution in [0.4, 0.5) is 8.78 Å². The number of rotatable bonds is 4. The molecule has 1 N–H and O–H groups in total. The average molecular weight is 341 g/mol. The van der Waals surface area contributed by atoms with Gasteiger partial charge in [0.15, 0.2) is 0 Å². The standard InChI is InChI=1S/C15H22F2N2.2ClH/c1-11(2)9-15(19-7-5-18-6-8-19)13-4-3-12(16)10-14(13)17;;/h3-4,10-11,15,18H,5-9H2,1-2H3;2*1H/t15-;;/m0../s1. The molecule has 0 bridgehead atoms. The number of nitrogens with zero attached hydrogens (tertiary/aromatic N) is 1. The number of benzene rings is 1. The Hall–Kier alpha value is -0.420. The Bertz CT molecular complexity index is 424. The molecule has 6 heteroatoms. The van der Waals surface area contributed by atoms with Crippen molar-refractivity contribution < 1.29 is 8.78 Å². The third kappa shape index (κ3) is 5.70. The van der Waals surface area contributed by atoms with Crippen molar-refractivity contribution in [2.45, 2.75) is 26.3 Å². The van der Waals surface area contributed by atoms with Gasteiger partial charge in [-0.15, -0.1) is 24.8 Å². The molecule has 1 aliphatic heterocycles. The second kappa shape index (κ2) is 9.57. The van der Waals surface area contributed by atoms with Gasteiger partial charge < -0.3 is 5.32 Å². The summed E-state index contributed by atoms with van der Waals surface area (Å²) in [5.41, 5.74) is 0.622. The van der Waals surface area contributed by atoms with E-state index in [4.69, 9.17) is 0 Å². The van der Waals surface area contributed by atoms with E-state index in [0.29, 0.717) is 11.5 Å². The second-order valence-corrected chi connectivity index (χ2v) is 5.60. The van der Waals surface area contributed by atoms with Crippen molar-refractivity contribution in [2.75, 3.05) is 26.2 Å². The van der Waals surface area contributed by atoms with Gasteiger partial charge in [0.1, 0.15) is 11.6 Å². The smallest absolute Gasteiger partial charge is 0.130 e. The van der Waals surface area contributed by atoms with Gasteiger partial charge in [-0.25, -0.2) is 8.78 Å². The van der Waals surface area contributed by atoms with Gasteiger partial charge in [-0.1, -0.05) is 19.9 Å². The van der Waals surface area contributed by atoms with Crippen molar-refractivity contribution in [2.24, 2.45) is 5.92 Å². The molecule has 1 aromatic rings. The van der Waals surface area contributed by atoms with Crippen molar-refractivity contribution in [3.63, 3.8) is 0 Å². The molecule has 1 heterocycles. The highest BCUT2D eigenvalue weighted by atomic mass is 35.5. The van der Waals surface area contributed by atoms with Crippen LogP contribution < -0.4 is 5.32 Å². The first-order chi connectivity index (χ1) is 9.08. The molecule has 1 saturated heterocycles. The van der Waals surface area contributed by atoms with Crippen LogP contribution in [0.15, 0.2) is 18.2 Å². The van der Waals surface area contributed by atoms with Crippen molar-refractivity contribution in [1.29, 1.82) is 0 Å². The van der Waals surface area contributed by atoms with E-state index in [0.717, 1.165) is 38.7 Å². The van der Waals surface area contributed by atoms with E-state index in [-0.39, 0.29) is 30.9 Å². The third-order valence-corrected chi connectivity index (χ3v) is 3.61. The molecular weight excluding hydrogens is 317 g/mol. The van der Waals surface area contributed by atoms with Crippen LogP contribution in [0.5, 0.6) is 0 Å². The zero-order valence-electron chi connectivity index (χ0n) is 12.4. The van der Waals surface area contributed by atoms with E-state index in [9.17, 15) is 8.78 Å². The van der Waals surface area contributed by atoms with Crippen LogP contribution in [0, 0.1) is 17.6 Å². The highest BCUT2D eigenvalue weighted by Crippen LogP contribution is 2.30. The molecule has 0 amide bonds. The Kier molecular flexibility index (Phi) is 9.38. The quantitative estimate of drug-likeness (QED) is 0.896. The first-order valence-corrected chi connectivity index (χ1v) is 6.97. The molecule has 1 aromatic carbocycles. The minimum Gasteiger partial charge on any atom is -0.314 e. The molecule has 122 valence electrons. The van der Waals surface area contributed by atoms with Gasteiger partial charge in [0.05, 0.1) is 0 Å². The fourth-order valence-corrected chi connectivity index (χ4v) is 2.68. The van der Waals surface area contributed by atoms with E-state index in [1.165, 1.54) is 6.07 Å². The number of hydrogen-bond acceptors (Lipinski definition) is 2. The van der Waals surface area contributed by atoms with Gasteiger partial charge in [0.2, 0.25) is 0 Å². The molecular formula is C15H24Cl2F2N2.